The van der Waals surface area contributed by atoms with Crippen molar-refractivity contribution in [3.8, 4) is 0 Å². The van der Waals surface area contributed by atoms with Crippen LogP contribution in [0.2, 0.25) is 0 Å². The van der Waals surface area contributed by atoms with Gasteiger partial charge in [-0.2, -0.15) is 0 Å². The molecule has 1 saturated heterocycles. The summed E-state index contributed by atoms with van der Waals surface area (Å²) in [5.41, 5.74) is 1.17. The molecular formula is C14H21NOS2. The van der Waals surface area contributed by atoms with Crippen molar-refractivity contribution in [3.63, 3.8) is 0 Å². The van der Waals surface area contributed by atoms with E-state index in [-0.39, 0.29) is 10.2 Å². The van der Waals surface area contributed by atoms with Crippen molar-refractivity contribution in [2.75, 3.05) is 5.75 Å². The first kappa shape index (κ1) is 14.1. The number of Topliss-reactive ketones (excluding diaryl/α,β-unsaturated/α-hetero) is 1. The molecule has 1 fully saturated rings. The van der Waals surface area contributed by atoms with Crippen LogP contribution >= 0.6 is 23.1 Å². The van der Waals surface area contributed by atoms with Gasteiger partial charge in [0.2, 0.25) is 0 Å². The van der Waals surface area contributed by atoms with Gasteiger partial charge in [0, 0.05) is 10.8 Å². The van der Waals surface area contributed by atoms with Crippen LogP contribution in [0.4, 0.5) is 0 Å². The fourth-order valence-electron chi connectivity index (χ4n) is 2.06. The molecule has 1 aromatic rings. The van der Waals surface area contributed by atoms with Gasteiger partial charge in [-0.3, -0.25) is 4.79 Å². The van der Waals surface area contributed by atoms with Crippen LogP contribution in [0.25, 0.3) is 0 Å². The number of carbonyl (C=O) groups excluding carboxylic acids is 1. The van der Waals surface area contributed by atoms with Crippen LogP contribution in [0.1, 0.15) is 51.2 Å². The van der Waals surface area contributed by atoms with Crippen molar-refractivity contribution in [1.82, 2.24) is 4.98 Å². The van der Waals surface area contributed by atoms with E-state index in [1.54, 1.807) is 11.3 Å². The molecule has 1 aliphatic rings. The van der Waals surface area contributed by atoms with E-state index in [1.165, 1.54) is 0 Å². The van der Waals surface area contributed by atoms with E-state index in [0.29, 0.717) is 12.2 Å². The zero-order valence-corrected chi connectivity index (χ0v) is 13.2. The second-order valence-corrected chi connectivity index (χ2v) is 8.70. The minimum Gasteiger partial charge on any atom is -0.298 e. The van der Waals surface area contributed by atoms with Gasteiger partial charge < -0.3 is 0 Å². The van der Waals surface area contributed by atoms with Crippen LogP contribution in [0, 0.1) is 0 Å². The van der Waals surface area contributed by atoms with Gasteiger partial charge in [-0.05, 0) is 25.5 Å². The van der Waals surface area contributed by atoms with Crippen LogP contribution < -0.4 is 0 Å². The number of hydrogen-bond acceptors (Lipinski definition) is 4. The Morgan fingerprint density at radius 3 is 2.72 bits per heavy atom. The number of thioether (sulfide) groups is 1. The second-order valence-electron chi connectivity index (χ2n) is 6.16. The molecular weight excluding hydrogens is 262 g/mol. The van der Waals surface area contributed by atoms with Gasteiger partial charge in [-0.15, -0.1) is 23.1 Å². The maximum atomic E-state index is 12.3. The molecule has 4 heteroatoms. The molecule has 2 rings (SSSR count). The first-order valence-electron chi connectivity index (χ1n) is 6.43. The smallest absolute Gasteiger partial charge is 0.155 e. The van der Waals surface area contributed by atoms with E-state index in [2.05, 4.69) is 38.1 Å². The Labute approximate surface area is 118 Å². The summed E-state index contributed by atoms with van der Waals surface area (Å²) in [7, 11) is 0. The van der Waals surface area contributed by atoms with Gasteiger partial charge in [0.1, 0.15) is 5.01 Å². The molecule has 0 saturated carbocycles. The maximum Gasteiger partial charge on any atom is 0.155 e. The molecule has 1 aromatic heterocycles. The van der Waals surface area contributed by atoms with E-state index < -0.39 is 0 Å². The SMILES string of the molecule is CC1(C(=O)Cc2nc(C(C)(C)C)cs2)CCCS1. The molecule has 0 N–H and O–H groups in total. The highest BCUT2D eigenvalue weighted by Crippen LogP contribution is 2.39. The molecule has 2 heterocycles. The van der Waals surface area contributed by atoms with E-state index in [1.807, 2.05) is 11.8 Å². The van der Waals surface area contributed by atoms with Crippen molar-refractivity contribution >= 4 is 28.9 Å². The summed E-state index contributed by atoms with van der Waals surface area (Å²) in [5, 5.41) is 3.06. The lowest BCUT2D eigenvalue weighted by molar-refractivity contribution is -0.120. The summed E-state index contributed by atoms with van der Waals surface area (Å²) in [6, 6.07) is 0. The Balaban J connectivity index is 2.06. The molecule has 0 amide bonds. The van der Waals surface area contributed by atoms with Crippen LogP contribution in [-0.2, 0) is 16.6 Å². The minimum atomic E-state index is -0.159. The lowest BCUT2D eigenvalue weighted by Crippen LogP contribution is -2.30. The number of carbonyl (C=O) groups is 1. The van der Waals surface area contributed by atoms with Crippen molar-refractivity contribution in [2.45, 2.75) is 57.1 Å². The predicted molar refractivity (Wildman–Crippen MR) is 79.6 cm³/mol. The number of thiazole rings is 1. The summed E-state index contributed by atoms with van der Waals surface area (Å²) in [6.07, 6.45) is 2.69. The molecule has 1 atom stereocenters. The molecule has 2 nitrogen and oxygen atoms in total. The summed E-state index contributed by atoms with van der Waals surface area (Å²) in [6.45, 7) is 8.55. The number of rotatable bonds is 3. The third kappa shape index (κ3) is 2.97. The quantitative estimate of drug-likeness (QED) is 0.844. The second kappa shape index (κ2) is 4.97. The van der Waals surface area contributed by atoms with Crippen LogP contribution in [0.3, 0.4) is 0 Å². The molecule has 1 unspecified atom stereocenters. The Morgan fingerprint density at radius 1 is 1.50 bits per heavy atom. The normalized spacial score (nSPS) is 24.4. The van der Waals surface area contributed by atoms with Crippen molar-refractivity contribution in [3.05, 3.63) is 16.1 Å². The van der Waals surface area contributed by atoms with Gasteiger partial charge in [-0.1, -0.05) is 20.8 Å². The van der Waals surface area contributed by atoms with Gasteiger partial charge in [0.25, 0.3) is 0 Å². The zero-order chi connectivity index (χ0) is 13.4. The molecule has 100 valence electrons. The average Bonchev–Trinajstić information content (AvgIpc) is 2.86. The first-order valence-corrected chi connectivity index (χ1v) is 8.30. The summed E-state index contributed by atoms with van der Waals surface area (Å²) >= 11 is 3.43. The van der Waals surface area contributed by atoms with E-state index >= 15 is 0 Å². The van der Waals surface area contributed by atoms with Crippen LogP contribution in [-0.4, -0.2) is 21.3 Å². The van der Waals surface area contributed by atoms with Crippen molar-refractivity contribution in [1.29, 1.82) is 0 Å². The number of nitrogens with zero attached hydrogens (tertiary/aromatic N) is 1. The predicted octanol–water partition coefficient (Wildman–Crippen LogP) is 3.84. The monoisotopic (exact) mass is 283 g/mol. The molecule has 0 bridgehead atoms. The number of aromatic nitrogens is 1. The molecule has 1 aliphatic heterocycles. The van der Waals surface area contributed by atoms with E-state index in [4.69, 9.17) is 0 Å². The van der Waals surface area contributed by atoms with Gasteiger partial charge in [0.15, 0.2) is 5.78 Å². The highest BCUT2D eigenvalue weighted by molar-refractivity contribution is 8.01. The topological polar surface area (TPSA) is 30.0 Å². The lowest BCUT2D eigenvalue weighted by Gasteiger charge is -2.20. The maximum absolute atomic E-state index is 12.3. The molecule has 0 aliphatic carbocycles. The third-order valence-electron chi connectivity index (χ3n) is 3.44. The van der Waals surface area contributed by atoms with Crippen LogP contribution in [0.5, 0.6) is 0 Å². The summed E-state index contributed by atoms with van der Waals surface area (Å²) in [5.74, 6) is 1.47. The van der Waals surface area contributed by atoms with Crippen LogP contribution in [0.15, 0.2) is 5.38 Å². The fourth-order valence-corrected chi connectivity index (χ4v) is 4.34. The average molecular weight is 283 g/mol. The third-order valence-corrected chi connectivity index (χ3v) is 5.85. The van der Waals surface area contributed by atoms with Gasteiger partial charge in [-0.25, -0.2) is 4.98 Å². The fraction of sp³-hybridized carbons (Fsp3) is 0.714. The lowest BCUT2D eigenvalue weighted by atomic mass is 9.93. The zero-order valence-electron chi connectivity index (χ0n) is 11.6. The standard InChI is InChI=1S/C14H21NOS2/c1-13(2,3)10-9-17-12(15-10)8-11(16)14(4)6-5-7-18-14/h9H,5-8H2,1-4H3. The Hall–Kier alpha value is -0.350. The largest absolute Gasteiger partial charge is 0.298 e. The number of ketones is 1. The minimum absolute atomic E-state index is 0.0732. The van der Waals surface area contributed by atoms with Gasteiger partial charge in [0.05, 0.1) is 16.9 Å². The van der Waals surface area contributed by atoms with Crippen molar-refractivity contribution in [2.24, 2.45) is 0 Å². The molecule has 18 heavy (non-hydrogen) atoms. The van der Waals surface area contributed by atoms with Gasteiger partial charge >= 0.3 is 0 Å². The van der Waals surface area contributed by atoms with Crippen molar-refractivity contribution < 1.29 is 4.79 Å². The Morgan fingerprint density at radius 2 is 2.22 bits per heavy atom. The Kier molecular flexibility index (Phi) is 3.88. The van der Waals surface area contributed by atoms with E-state index in [9.17, 15) is 4.79 Å². The number of hydrogen-bond donors (Lipinski definition) is 0. The first-order chi connectivity index (χ1) is 8.31. The van der Waals surface area contributed by atoms with E-state index in [0.717, 1.165) is 29.3 Å². The Bertz CT molecular complexity index is 439. The molecule has 0 radical (unpaired) electrons. The highest BCUT2D eigenvalue weighted by Gasteiger charge is 2.37. The highest BCUT2D eigenvalue weighted by atomic mass is 32.2. The summed E-state index contributed by atoms with van der Waals surface area (Å²) in [4.78, 5) is 17.0. The molecule has 0 aromatic carbocycles. The molecule has 0 spiro atoms. The summed E-state index contributed by atoms with van der Waals surface area (Å²) < 4.78 is -0.159.